The second-order valence-corrected chi connectivity index (χ2v) is 21.5. The molecule has 0 amide bonds. The van der Waals surface area contributed by atoms with Crippen molar-refractivity contribution in [1.29, 1.82) is 0 Å². The Labute approximate surface area is 472 Å². The molecule has 0 atom stereocenters. The van der Waals surface area contributed by atoms with Crippen LogP contribution < -0.4 is 9.80 Å². The van der Waals surface area contributed by atoms with Gasteiger partial charge >= 0.3 is 0 Å². The lowest BCUT2D eigenvalue weighted by Crippen LogP contribution is -2.11. The fourth-order valence-corrected chi connectivity index (χ4v) is 13.2. The van der Waals surface area contributed by atoms with E-state index >= 15 is 0 Å². The summed E-state index contributed by atoms with van der Waals surface area (Å²) in [6, 6.07) is 105. The summed E-state index contributed by atoms with van der Waals surface area (Å²) in [5, 5.41) is 18.5. The maximum absolute atomic E-state index is 7.04. The molecule has 0 saturated heterocycles. The van der Waals surface area contributed by atoms with Crippen molar-refractivity contribution in [2.45, 2.75) is 0 Å². The van der Waals surface area contributed by atoms with Gasteiger partial charge in [-0.3, -0.25) is 0 Å². The number of nitrogens with zero attached hydrogens (tertiary/aromatic N) is 2. The first kappa shape index (κ1) is 46.0. The molecule has 0 saturated carbocycles. The van der Waals surface area contributed by atoms with Crippen LogP contribution in [-0.2, 0) is 0 Å². The highest BCUT2D eigenvalue weighted by Gasteiger charge is 2.26. The van der Waals surface area contributed by atoms with Crippen LogP contribution in [-0.4, -0.2) is 0 Å². The number of rotatable bonds is 8. The Bertz CT molecular complexity index is 5390. The standard InChI is InChI=1S/C78H48N2O2/c1-3-17-49(18-4-1)50-31-37-59(38-32-50)80(69-48-73-76(65-30-16-15-29-64(65)69)74-61-26-12-9-19-51(61)35-43-71(74)81-73)68-42-41-60(66-45-54-21-7-8-22-55(54)46-67(66)68)53-33-39-58(40-34-53)79(57-24-5-2-6-25-57)70-47-56-23-11-14-28-63(56)77-75-62-27-13-10-20-52(62)36-44-72(75)82-78(70)77/h1-48H. The predicted molar refractivity (Wildman–Crippen MR) is 346 cm³/mol. The van der Waals surface area contributed by atoms with Crippen LogP contribution in [0.5, 0.6) is 0 Å². The van der Waals surface area contributed by atoms with Gasteiger partial charge in [0.25, 0.3) is 0 Å². The number of furan rings is 2. The topological polar surface area (TPSA) is 32.8 Å². The lowest BCUT2D eigenvalue weighted by Gasteiger charge is -2.29. The van der Waals surface area contributed by atoms with Gasteiger partial charge in [0, 0.05) is 55.4 Å². The van der Waals surface area contributed by atoms with E-state index < -0.39 is 0 Å². The maximum Gasteiger partial charge on any atom is 0.160 e. The molecule has 382 valence electrons. The summed E-state index contributed by atoms with van der Waals surface area (Å²) in [6.07, 6.45) is 0. The Morgan fingerprint density at radius 2 is 0.695 bits per heavy atom. The van der Waals surface area contributed by atoms with Gasteiger partial charge in [0.1, 0.15) is 16.7 Å². The molecule has 0 aliphatic rings. The molecule has 82 heavy (non-hydrogen) atoms. The fourth-order valence-electron chi connectivity index (χ4n) is 13.2. The van der Waals surface area contributed by atoms with E-state index in [2.05, 4.69) is 301 Å². The third-order valence-corrected chi connectivity index (χ3v) is 16.9. The summed E-state index contributed by atoms with van der Waals surface area (Å²) >= 11 is 0. The van der Waals surface area contributed by atoms with Crippen molar-refractivity contribution >= 4 is 143 Å². The van der Waals surface area contributed by atoms with Gasteiger partial charge in [-0.2, -0.15) is 0 Å². The normalized spacial score (nSPS) is 11.9. The monoisotopic (exact) mass is 1040 g/mol. The Morgan fingerprint density at radius 1 is 0.220 bits per heavy atom. The van der Waals surface area contributed by atoms with Gasteiger partial charge in [-0.25, -0.2) is 0 Å². The van der Waals surface area contributed by atoms with E-state index in [1.54, 1.807) is 0 Å². The third kappa shape index (κ3) is 7.18. The Morgan fingerprint density at radius 3 is 1.37 bits per heavy atom. The molecular formula is C78H48N2O2. The van der Waals surface area contributed by atoms with Gasteiger partial charge in [0.2, 0.25) is 0 Å². The quantitative estimate of drug-likeness (QED) is 0.142. The van der Waals surface area contributed by atoms with Crippen LogP contribution in [0.1, 0.15) is 0 Å². The van der Waals surface area contributed by atoms with Gasteiger partial charge in [-0.15, -0.1) is 0 Å². The minimum atomic E-state index is 0.847. The van der Waals surface area contributed by atoms with Gasteiger partial charge in [-0.1, -0.05) is 212 Å². The van der Waals surface area contributed by atoms with E-state index in [1.807, 2.05) is 0 Å². The average molecular weight is 1050 g/mol. The van der Waals surface area contributed by atoms with E-state index in [9.17, 15) is 0 Å². The van der Waals surface area contributed by atoms with E-state index in [4.69, 9.17) is 8.83 Å². The summed E-state index contributed by atoms with van der Waals surface area (Å²) in [6.45, 7) is 0. The molecule has 0 radical (unpaired) electrons. The van der Waals surface area contributed by atoms with Crippen molar-refractivity contribution in [2.24, 2.45) is 0 Å². The van der Waals surface area contributed by atoms with Crippen molar-refractivity contribution in [1.82, 2.24) is 0 Å². The summed E-state index contributed by atoms with van der Waals surface area (Å²) in [5.74, 6) is 0. The zero-order valence-electron chi connectivity index (χ0n) is 44.4. The number of anilines is 6. The average Bonchev–Trinajstić information content (AvgIpc) is 2.27. The van der Waals surface area contributed by atoms with E-state index in [1.165, 1.54) is 43.3 Å². The lowest BCUT2D eigenvalue weighted by molar-refractivity contribution is 0.669. The van der Waals surface area contributed by atoms with Gasteiger partial charge in [0.15, 0.2) is 5.58 Å². The largest absolute Gasteiger partial charge is 0.456 e. The smallest absolute Gasteiger partial charge is 0.160 e. The minimum Gasteiger partial charge on any atom is -0.456 e. The molecule has 0 unspecified atom stereocenters. The van der Waals surface area contributed by atoms with Gasteiger partial charge < -0.3 is 18.6 Å². The Hall–Kier alpha value is -10.9. The van der Waals surface area contributed by atoms with Crippen LogP contribution in [0.15, 0.2) is 300 Å². The number of benzene rings is 15. The molecule has 2 heterocycles. The molecule has 2 aromatic heterocycles. The van der Waals surface area contributed by atoms with Crippen LogP contribution in [0, 0.1) is 0 Å². The highest BCUT2D eigenvalue weighted by atomic mass is 16.3. The second kappa shape index (κ2) is 18.3. The molecule has 15 aromatic carbocycles. The molecule has 17 rings (SSSR count). The van der Waals surface area contributed by atoms with Crippen LogP contribution in [0.3, 0.4) is 0 Å². The Kier molecular flexibility index (Phi) is 10.3. The van der Waals surface area contributed by atoms with Crippen molar-refractivity contribution in [2.75, 3.05) is 9.80 Å². The van der Waals surface area contributed by atoms with Crippen LogP contribution in [0.25, 0.3) is 131 Å². The van der Waals surface area contributed by atoms with Crippen LogP contribution in [0.2, 0.25) is 0 Å². The molecule has 0 bridgehead atoms. The molecule has 0 fully saturated rings. The third-order valence-electron chi connectivity index (χ3n) is 16.9. The highest BCUT2D eigenvalue weighted by molar-refractivity contribution is 6.30. The number of hydrogen-bond acceptors (Lipinski definition) is 4. The summed E-state index contributed by atoms with van der Waals surface area (Å²) < 4.78 is 14.0. The number of para-hydroxylation sites is 1. The van der Waals surface area contributed by atoms with Crippen molar-refractivity contribution in [3.63, 3.8) is 0 Å². The molecule has 0 spiro atoms. The number of hydrogen-bond donors (Lipinski definition) is 0. The van der Waals surface area contributed by atoms with Crippen LogP contribution in [0.4, 0.5) is 34.1 Å². The molecule has 4 nitrogen and oxygen atoms in total. The van der Waals surface area contributed by atoms with Gasteiger partial charge in [-0.05, 0) is 149 Å². The predicted octanol–water partition coefficient (Wildman–Crippen LogP) is 22.7. The van der Waals surface area contributed by atoms with E-state index in [0.29, 0.717) is 0 Å². The van der Waals surface area contributed by atoms with Crippen molar-refractivity contribution in [3.05, 3.63) is 291 Å². The molecule has 0 aliphatic heterocycles. The van der Waals surface area contributed by atoms with E-state index in [0.717, 1.165) is 122 Å². The zero-order chi connectivity index (χ0) is 53.8. The molecule has 4 heteroatoms. The van der Waals surface area contributed by atoms with Crippen molar-refractivity contribution < 1.29 is 8.83 Å². The first-order valence-corrected chi connectivity index (χ1v) is 28.1. The summed E-state index contributed by atoms with van der Waals surface area (Å²) in [4.78, 5) is 4.80. The van der Waals surface area contributed by atoms with Crippen molar-refractivity contribution in [3.8, 4) is 22.3 Å². The molecule has 0 aliphatic carbocycles. The number of fused-ring (bicyclic) bond motifs is 16. The highest BCUT2D eigenvalue weighted by Crippen LogP contribution is 2.51. The first-order valence-electron chi connectivity index (χ1n) is 28.1. The molecule has 0 N–H and O–H groups in total. The Balaban J connectivity index is 0.870. The second-order valence-electron chi connectivity index (χ2n) is 21.5. The maximum atomic E-state index is 7.04. The SMILES string of the molecule is c1ccc(-c2ccc(N(c3ccc(-c4ccc(N(c5ccccc5)c5cc6ccccc6c6c5oc5ccc7ccccc7c56)cc4)c4cc5ccccc5cc34)c3cc4oc5ccc6ccccc6c5c4c4ccccc34)cc2)cc1. The lowest BCUT2D eigenvalue weighted by atomic mass is 9.93. The van der Waals surface area contributed by atoms with Crippen LogP contribution >= 0.6 is 0 Å². The zero-order valence-corrected chi connectivity index (χ0v) is 44.4. The van der Waals surface area contributed by atoms with E-state index in [-0.39, 0.29) is 0 Å². The fraction of sp³-hybridized carbons (Fsp3) is 0. The minimum absolute atomic E-state index is 0.847. The van der Waals surface area contributed by atoms with Gasteiger partial charge in [0.05, 0.1) is 17.1 Å². The molecule has 17 aromatic rings. The first-order chi connectivity index (χ1) is 40.7. The summed E-state index contributed by atoms with van der Waals surface area (Å²) in [7, 11) is 0. The molecular weight excluding hydrogens is 997 g/mol. The summed E-state index contributed by atoms with van der Waals surface area (Å²) in [5.41, 5.74) is 14.2.